The highest BCUT2D eigenvalue weighted by Crippen LogP contribution is 2.23. The molecule has 2 N–H and O–H groups in total. The van der Waals surface area contributed by atoms with Crippen molar-refractivity contribution in [1.29, 1.82) is 0 Å². The van der Waals surface area contributed by atoms with E-state index in [2.05, 4.69) is 0 Å². The van der Waals surface area contributed by atoms with Crippen LogP contribution in [-0.2, 0) is 4.74 Å². The lowest BCUT2D eigenvalue weighted by molar-refractivity contribution is -0.0614. The average molecular weight is 288 g/mol. The molecule has 0 radical (unpaired) electrons. The van der Waals surface area contributed by atoms with Gasteiger partial charge >= 0.3 is 12.2 Å². The van der Waals surface area contributed by atoms with Gasteiger partial charge in [-0.2, -0.15) is 0 Å². The van der Waals surface area contributed by atoms with Gasteiger partial charge in [0.2, 0.25) is 0 Å². The first kappa shape index (κ1) is 16.6. The van der Waals surface area contributed by atoms with Gasteiger partial charge < -0.3 is 19.8 Å². The van der Waals surface area contributed by atoms with Crippen molar-refractivity contribution in [3.05, 3.63) is 0 Å². The Hall–Kier alpha value is -1.50. The van der Waals surface area contributed by atoms with Crippen LogP contribution in [0.4, 0.5) is 9.59 Å². The number of carbonyl (C=O) groups is 2. The maximum atomic E-state index is 12.2. The molecular weight excluding hydrogens is 264 g/mol. The number of carbonyl (C=O) groups excluding carboxylic acids is 1. The Bertz CT molecular complexity index is 383. The molecule has 0 spiro atoms. The third-order valence-corrected chi connectivity index (χ3v) is 3.09. The summed E-state index contributed by atoms with van der Waals surface area (Å²) >= 11 is 0. The second-order valence-corrected chi connectivity index (χ2v) is 6.57. The summed E-state index contributed by atoms with van der Waals surface area (Å²) in [6.45, 7) is 8.88. The molecule has 1 aliphatic heterocycles. The van der Waals surface area contributed by atoms with Crippen LogP contribution in [-0.4, -0.2) is 69.1 Å². The summed E-state index contributed by atoms with van der Waals surface area (Å²) < 4.78 is 5.31. The van der Waals surface area contributed by atoms with E-state index in [1.807, 2.05) is 0 Å². The molecule has 0 aromatic heterocycles. The lowest BCUT2D eigenvalue weighted by Gasteiger charge is -2.45. The molecular formula is C13H24N2O5. The maximum Gasteiger partial charge on any atom is 0.410 e. The van der Waals surface area contributed by atoms with Crippen molar-refractivity contribution in [3.63, 3.8) is 0 Å². The topological polar surface area (TPSA) is 90.3 Å². The van der Waals surface area contributed by atoms with E-state index in [0.717, 1.165) is 0 Å². The molecule has 1 saturated heterocycles. The second-order valence-electron chi connectivity index (χ2n) is 6.57. The van der Waals surface area contributed by atoms with Gasteiger partial charge in [0.1, 0.15) is 5.60 Å². The Kier molecular flexibility index (Phi) is 4.53. The molecule has 0 aliphatic carbocycles. The second kappa shape index (κ2) is 5.47. The normalized spacial score (nSPS) is 20.8. The lowest BCUT2D eigenvalue weighted by Crippen LogP contribution is -2.63. The van der Waals surface area contributed by atoms with Crippen LogP contribution >= 0.6 is 0 Å². The van der Waals surface area contributed by atoms with Crippen molar-refractivity contribution in [2.75, 3.05) is 19.6 Å². The zero-order valence-corrected chi connectivity index (χ0v) is 12.7. The number of rotatable bonds is 1. The Labute approximate surface area is 119 Å². The molecule has 7 nitrogen and oxygen atoms in total. The largest absolute Gasteiger partial charge is 0.465 e. The van der Waals surface area contributed by atoms with Crippen LogP contribution in [0.1, 0.15) is 34.6 Å². The highest BCUT2D eigenvalue weighted by atomic mass is 16.6. The quantitative estimate of drug-likeness (QED) is 0.760. The third kappa shape index (κ3) is 4.26. The highest BCUT2D eigenvalue weighted by Gasteiger charge is 2.42. The molecule has 0 unspecified atom stereocenters. The summed E-state index contributed by atoms with van der Waals surface area (Å²) in [5.41, 5.74) is -1.85. The van der Waals surface area contributed by atoms with Gasteiger partial charge in [-0.1, -0.05) is 0 Å². The molecule has 1 aliphatic rings. The minimum absolute atomic E-state index is 0.0675. The van der Waals surface area contributed by atoms with E-state index in [0.29, 0.717) is 0 Å². The van der Waals surface area contributed by atoms with Crippen LogP contribution in [0.3, 0.4) is 0 Å². The maximum absolute atomic E-state index is 12.2. The van der Waals surface area contributed by atoms with Gasteiger partial charge in [0.15, 0.2) is 0 Å². The summed E-state index contributed by atoms with van der Waals surface area (Å²) in [7, 11) is 0. The first-order valence-corrected chi connectivity index (χ1v) is 6.61. The molecule has 0 aromatic rings. The summed E-state index contributed by atoms with van der Waals surface area (Å²) in [6, 6.07) is -0.637. The van der Waals surface area contributed by atoms with Crippen LogP contribution in [0.5, 0.6) is 0 Å². The SMILES string of the molecule is CC(C)(C)OC(=O)N1CCN(C(=O)O)C[C@H]1C(C)(C)O. The molecule has 0 aromatic carbocycles. The summed E-state index contributed by atoms with van der Waals surface area (Å²) in [5.74, 6) is 0. The smallest absolute Gasteiger partial charge is 0.410 e. The van der Waals surface area contributed by atoms with E-state index < -0.39 is 29.4 Å². The fraction of sp³-hybridized carbons (Fsp3) is 0.846. The van der Waals surface area contributed by atoms with Crippen molar-refractivity contribution >= 4 is 12.2 Å². The van der Waals surface area contributed by atoms with Crippen LogP contribution in [0, 0.1) is 0 Å². The van der Waals surface area contributed by atoms with Gasteiger partial charge in [-0.15, -0.1) is 0 Å². The first-order valence-electron chi connectivity index (χ1n) is 6.61. The monoisotopic (exact) mass is 288 g/mol. The van der Waals surface area contributed by atoms with Crippen molar-refractivity contribution < 1.29 is 24.5 Å². The minimum atomic E-state index is -1.22. The molecule has 1 fully saturated rings. The number of hydrogen-bond donors (Lipinski definition) is 2. The lowest BCUT2D eigenvalue weighted by atomic mass is 9.95. The standard InChI is InChI=1S/C13H24N2O5/c1-12(2,3)20-11(18)15-7-6-14(10(16)17)8-9(15)13(4,5)19/h9,19H,6-8H2,1-5H3,(H,16,17)/t9-/m0/s1. The molecule has 1 atom stereocenters. The number of aliphatic hydroxyl groups is 1. The Morgan fingerprint density at radius 2 is 1.70 bits per heavy atom. The van der Waals surface area contributed by atoms with Crippen LogP contribution in [0.15, 0.2) is 0 Å². The van der Waals surface area contributed by atoms with E-state index >= 15 is 0 Å². The molecule has 20 heavy (non-hydrogen) atoms. The summed E-state index contributed by atoms with van der Waals surface area (Å²) in [6.07, 6.45) is -1.59. The van der Waals surface area contributed by atoms with E-state index in [-0.39, 0.29) is 19.6 Å². The fourth-order valence-corrected chi connectivity index (χ4v) is 2.10. The van der Waals surface area contributed by atoms with Crippen LogP contribution in [0.25, 0.3) is 0 Å². The van der Waals surface area contributed by atoms with Gasteiger partial charge in [0, 0.05) is 19.6 Å². The molecule has 1 heterocycles. The average Bonchev–Trinajstić information content (AvgIpc) is 2.24. The number of nitrogens with zero attached hydrogens (tertiary/aromatic N) is 2. The van der Waals surface area contributed by atoms with Crippen molar-refractivity contribution in [1.82, 2.24) is 9.80 Å². The predicted octanol–water partition coefficient (Wildman–Crippen LogP) is 1.36. The Balaban J connectivity index is 2.89. The van der Waals surface area contributed by atoms with Crippen molar-refractivity contribution in [2.45, 2.75) is 51.9 Å². The van der Waals surface area contributed by atoms with Crippen LogP contribution in [0.2, 0.25) is 0 Å². The number of piperazine rings is 1. The van der Waals surface area contributed by atoms with E-state index in [1.165, 1.54) is 9.80 Å². The van der Waals surface area contributed by atoms with Crippen molar-refractivity contribution in [3.8, 4) is 0 Å². The van der Waals surface area contributed by atoms with Gasteiger partial charge in [-0.25, -0.2) is 9.59 Å². The number of hydrogen-bond acceptors (Lipinski definition) is 4. The number of amides is 2. The molecule has 7 heteroatoms. The van der Waals surface area contributed by atoms with Gasteiger partial charge in [0.25, 0.3) is 0 Å². The zero-order valence-electron chi connectivity index (χ0n) is 12.7. The van der Waals surface area contributed by atoms with E-state index in [9.17, 15) is 14.7 Å². The molecule has 0 bridgehead atoms. The van der Waals surface area contributed by atoms with Gasteiger partial charge in [-0.05, 0) is 34.6 Å². The van der Waals surface area contributed by atoms with E-state index in [4.69, 9.17) is 9.84 Å². The minimum Gasteiger partial charge on any atom is -0.465 e. The first-order chi connectivity index (χ1) is 8.92. The number of carboxylic acid groups (broad SMARTS) is 1. The van der Waals surface area contributed by atoms with E-state index in [1.54, 1.807) is 34.6 Å². The molecule has 1 rings (SSSR count). The summed E-state index contributed by atoms with van der Waals surface area (Å²) in [4.78, 5) is 25.8. The molecule has 0 saturated carbocycles. The van der Waals surface area contributed by atoms with Crippen molar-refractivity contribution in [2.24, 2.45) is 0 Å². The predicted molar refractivity (Wildman–Crippen MR) is 72.6 cm³/mol. The molecule has 116 valence electrons. The Morgan fingerprint density at radius 1 is 1.15 bits per heavy atom. The Morgan fingerprint density at radius 3 is 2.10 bits per heavy atom. The molecule has 2 amide bonds. The third-order valence-electron chi connectivity index (χ3n) is 3.09. The zero-order chi connectivity index (χ0) is 15.7. The highest BCUT2D eigenvalue weighted by molar-refractivity contribution is 5.70. The number of ether oxygens (including phenoxy) is 1. The van der Waals surface area contributed by atoms with Crippen LogP contribution < -0.4 is 0 Å². The van der Waals surface area contributed by atoms with Gasteiger partial charge in [-0.3, -0.25) is 4.90 Å². The van der Waals surface area contributed by atoms with Gasteiger partial charge in [0.05, 0.1) is 11.6 Å². The summed E-state index contributed by atoms with van der Waals surface area (Å²) in [5, 5.41) is 19.2. The fourth-order valence-electron chi connectivity index (χ4n) is 2.10.